The second-order valence-corrected chi connectivity index (χ2v) is 4.43. The number of hydrogen-bond acceptors (Lipinski definition) is 3. The molecule has 7 nitrogen and oxygen atoms in total. The summed E-state index contributed by atoms with van der Waals surface area (Å²) >= 11 is 0. The molecule has 106 valence electrons. The summed E-state index contributed by atoms with van der Waals surface area (Å²) in [6.07, 6.45) is 4.55. The molecule has 2 amide bonds. The number of carboxylic acid groups (broad SMARTS) is 1. The van der Waals surface area contributed by atoms with E-state index in [-0.39, 0.29) is 5.92 Å². The number of nitrogens with one attached hydrogen (secondary N) is 3. The summed E-state index contributed by atoms with van der Waals surface area (Å²) in [5.41, 5.74) is 0.914. The number of H-pyrrole nitrogens is 1. The lowest BCUT2D eigenvalue weighted by Crippen LogP contribution is -2.49. The monoisotopic (exact) mass is 268 g/mol. The lowest BCUT2D eigenvalue weighted by molar-refractivity contribution is -0.140. The first-order valence-corrected chi connectivity index (χ1v) is 6.29. The predicted molar refractivity (Wildman–Crippen MR) is 69.7 cm³/mol. The molecule has 1 aromatic heterocycles. The SMILES string of the molecule is CC[C@H](C)[C@H](NC(=O)NCCc1cnc[nH]1)C(=O)O. The number of hydrogen-bond donors (Lipinski definition) is 4. The highest BCUT2D eigenvalue weighted by Gasteiger charge is 2.24. The second-order valence-electron chi connectivity index (χ2n) is 4.43. The van der Waals surface area contributed by atoms with Crippen LogP contribution in [0.2, 0.25) is 0 Å². The van der Waals surface area contributed by atoms with Gasteiger partial charge in [-0.15, -0.1) is 0 Å². The molecule has 0 spiro atoms. The minimum Gasteiger partial charge on any atom is -0.480 e. The smallest absolute Gasteiger partial charge is 0.326 e. The number of urea groups is 1. The summed E-state index contributed by atoms with van der Waals surface area (Å²) in [6, 6.07) is -1.33. The zero-order valence-electron chi connectivity index (χ0n) is 11.1. The summed E-state index contributed by atoms with van der Waals surface area (Å²) in [7, 11) is 0. The van der Waals surface area contributed by atoms with Crippen LogP contribution in [0.25, 0.3) is 0 Å². The van der Waals surface area contributed by atoms with E-state index in [2.05, 4.69) is 20.6 Å². The number of carboxylic acids is 1. The number of amides is 2. The van der Waals surface area contributed by atoms with Crippen molar-refractivity contribution < 1.29 is 14.7 Å². The fourth-order valence-corrected chi connectivity index (χ4v) is 1.61. The van der Waals surface area contributed by atoms with Crippen LogP contribution in [0.5, 0.6) is 0 Å². The van der Waals surface area contributed by atoms with Crippen molar-refractivity contribution in [1.29, 1.82) is 0 Å². The van der Waals surface area contributed by atoms with Gasteiger partial charge in [-0.3, -0.25) is 0 Å². The number of imidazole rings is 1. The largest absolute Gasteiger partial charge is 0.480 e. The first-order valence-electron chi connectivity index (χ1n) is 6.29. The molecule has 0 radical (unpaired) electrons. The summed E-state index contributed by atoms with van der Waals surface area (Å²) < 4.78 is 0. The normalized spacial score (nSPS) is 13.6. The van der Waals surface area contributed by atoms with Crippen LogP contribution in [0.4, 0.5) is 4.79 Å². The molecule has 1 heterocycles. The standard InChI is InChI=1S/C12H20N4O3/c1-3-8(2)10(11(17)18)16-12(19)14-5-4-9-6-13-7-15-9/h6-8,10H,3-5H2,1-2H3,(H,13,15)(H,17,18)(H2,14,16,19)/t8-,10-/m0/s1. The van der Waals surface area contributed by atoms with Crippen LogP contribution < -0.4 is 10.6 Å². The summed E-state index contributed by atoms with van der Waals surface area (Å²) in [5.74, 6) is -1.13. The molecule has 0 saturated carbocycles. The van der Waals surface area contributed by atoms with E-state index in [4.69, 9.17) is 5.11 Å². The van der Waals surface area contributed by atoms with Gasteiger partial charge in [-0.25, -0.2) is 14.6 Å². The summed E-state index contributed by atoms with van der Waals surface area (Å²) in [5, 5.41) is 14.1. The van der Waals surface area contributed by atoms with E-state index >= 15 is 0 Å². The van der Waals surface area contributed by atoms with Crippen molar-refractivity contribution >= 4 is 12.0 Å². The Morgan fingerprint density at radius 1 is 1.53 bits per heavy atom. The van der Waals surface area contributed by atoms with Gasteiger partial charge in [-0.1, -0.05) is 20.3 Å². The number of carbonyl (C=O) groups is 2. The van der Waals surface area contributed by atoms with Gasteiger partial charge in [-0.2, -0.15) is 0 Å². The van der Waals surface area contributed by atoms with Crippen LogP contribution in [-0.2, 0) is 11.2 Å². The van der Waals surface area contributed by atoms with E-state index in [1.807, 2.05) is 6.92 Å². The lowest BCUT2D eigenvalue weighted by atomic mass is 9.99. The Morgan fingerprint density at radius 2 is 2.26 bits per heavy atom. The maximum Gasteiger partial charge on any atom is 0.326 e. The zero-order chi connectivity index (χ0) is 14.3. The number of rotatable bonds is 7. The van der Waals surface area contributed by atoms with Crippen molar-refractivity contribution in [2.75, 3.05) is 6.54 Å². The van der Waals surface area contributed by atoms with Gasteiger partial charge >= 0.3 is 12.0 Å². The van der Waals surface area contributed by atoms with Crippen molar-refractivity contribution in [3.8, 4) is 0 Å². The number of carbonyl (C=O) groups excluding carboxylic acids is 1. The van der Waals surface area contributed by atoms with Gasteiger partial charge in [0.2, 0.25) is 0 Å². The van der Waals surface area contributed by atoms with Crippen LogP contribution in [0.15, 0.2) is 12.5 Å². The van der Waals surface area contributed by atoms with Crippen LogP contribution in [0, 0.1) is 5.92 Å². The molecule has 0 aliphatic heterocycles. The Balaban J connectivity index is 2.34. The van der Waals surface area contributed by atoms with Crippen LogP contribution in [0.3, 0.4) is 0 Å². The fourth-order valence-electron chi connectivity index (χ4n) is 1.61. The van der Waals surface area contributed by atoms with Gasteiger partial charge < -0.3 is 20.7 Å². The molecule has 0 aromatic carbocycles. The van der Waals surface area contributed by atoms with E-state index in [9.17, 15) is 9.59 Å². The van der Waals surface area contributed by atoms with Gasteiger partial charge in [0, 0.05) is 24.9 Å². The first kappa shape index (κ1) is 15.0. The average Bonchev–Trinajstić information content (AvgIpc) is 2.87. The van der Waals surface area contributed by atoms with E-state index in [0.29, 0.717) is 19.4 Å². The van der Waals surface area contributed by atoms with E-state index in [0.717, 1.165) is 5.69 Å². The molecule has 0 fully saturated rings. The molecule has 1 rings (SSSR count). The lowest BCUT2D eigenvalue weighted by Gasteiger charge is -2.20. The van der Waals surface area contributed by atoms with Crippen LogP contribution >= 0.6 is 0 Å². The minimum absolute atomic E-state index is 0.115. The van der Waals surface area contributed by atoms with E-state index in [1.54, 1.807) is 19.4 Å². The quantitative estimate of drug-likeness (QED) is 0.585. The maximum atomic E-state index is 11.6. The van der Waals surface area contributed by atoms with E-state index < -0.39 is 18.0 Å². The van der Waals surface area contributed by atoms with Crippen LogP contribution in [-0.4, -0.2) is 39.7 Å². The number of nitrogens with zero attached hydrogens (tertiary/aromatic N) is 1. The molecule has 0 unspecified atom stereocenters. The minimum atomic E-state index is -1.02. The predicted octanol–water partition coefficient (Wildman–Crippen LogP) is 0.751. The van der Waals surface area contributed by atoms with Crippen molar-refractivity contribution in [2.45, 2.75) is 32.7 Å². The highest BCUT2D eigenvalue weighted by atomic mass is 16.4. The topological polar surface area (TPSA) is 107 Å². The van der Waals surface area contributed by atoms with Crippen molar-refractivity contribution in [2.24, 2.45) is 5.92 Å². The Labute approximate surface area is 111 Å². The third-order valence-corrected chi connectivity index (χ3v) is 3.00. The molecule has 4 N–H and O–H groups in total. The van der Waals surface area contributed by atoms with Gasteiger partial charge in [0.25, 0.3) is 0 Å². The fraction of sp³-hybridized carbons (Fsp3) is 0.583. The van der Waals surface area contributed by atoms with Crippen molar-refractivity contribution in [1.82, 2.24) is 20.6 Å². The first-order chi connectivity index (χ1) is 9.04. The Bertz CT molecular complexity index is 405. The molecule has 0 aliphatic carbocycles. The molecular weight excluding hydrogens is 248 g/mol. The highest BCUT2D eigenvalue weighted by Crippen LogP contribution is 2.07. The average molecular weight is 268 g/mol. The molecule has 0 bridgehead atoms. The molecule has 19 heavy (non-hydrogen) atoms. The molecule has 1 aromatic rings. The van der Waals surface area contributed by atoms with Crippen LogP contribution in [0.1, 0.15) is 26.0 Å². The molecule has 0 saturated heterocycles. The maximum absolute atomic E-state index is 11.6. The third-order valence-electron chi connectivity index (χ3n) is 3.00. The summed E-state index contributed by atoms with van der Waals surface area (Å²) in [6.45, 7) is 4.10. The molecule has 7 heteroatoms. The van der Waals surface area contributed by atoms with Gasteiger partial charge in [0.05, 0.1) is 6.33 Å². The van der Waals surface area contributed by atoms with Gasteiger partial charge in [-0.05, 0) is 5.92 Å². The number of aromatic amines is 1. The number of aromatic nitrogens is 2. The molecule has 0 aliphatic rings. The van der Waals surface area contributed by atoms with Crippen molar-refractivity contribution in [3.05, 3.63) is 18.2 Å². The van der Waals surface area contributed by atoms with E-state index in [1.165, 1.54) is 0 Å². The third kappa shape index (κ3) is 4.99. The van der Waals surface area contributed by atoms with Gasteiger partial charge in [0.15, 0.2) is 0 Å². The molecular formula is C12H20N4O3. The highest BCUT2D eigenvalue weighted by molar-refractivity contribution is 5.82. The Kier molecular flexibility index (Phi) is 5.84. The number of aliphatic carboxylic acids is 1. The molecule has 2 atom stereocenters. The Morgan fingerprint density at radius 3 is 2.79 bits per heavy atom. The van der Waals surface area contributed by atoms with Gasteiger partial charge in [0.1, 0.15) is 6.04 Å². The summed E-state index contributed by atoms with van der Waals surface area (Å²) in [4.78, 5) is 29.4. The van der Waals surface area contributed by atoms with Crippen molar-refractivity contribution in [3.63, 3.8) is 0 Å². The Hall–Kier alpha value is -2.05. The second kappa shape index (κ2) is 7.40. The zero-order valence-corrected chi connectivity index (χ0v) is 11.1.